The SMILES string of the molecule is CC(CNC(=O)OCc1ccccc1)(CC(Cc1ccc(-c2cc(Cl)ccc2F)cc1)NC(=O)c1cn[nH]n1)C(=O)O. The van der Waals surface area contributed by atoms with Crippen LogP contribution in [0.3, 0.4) is 0 Å². The molecular formula is C30H29ClFN5O5. The van der Waals surface area contributed by atoms with Crippen molar-refractivity contribution in [3.05, 3.63) is 107 Å². The van der Waals surface area contributed by atoms with Crippen molar-refractivity contribution in [3.63, 3.8) is 0 Å². The number of aromatic amines is 1. The van der Waals surface area contributed by atoms with Gasteiger partial charge in [0.05, 0.1) is 11.6 Å². The zero-order valence-corrected chi connectivity index (χ0v) is 23.4. The first-order chi connectivity index (χ1) is 20.1. The van der Waals surface area contributed by atoms with Crippen molar-refractivity contribution in [1.29, 1.82) is 0 Å². The molecule has 2 atom stereocenters. The van der Waals surface area contributed by atoms with Crippen molar-refractivity contribution >= 4 is 29.6 Å². The largest absolute Gasteiger partial charge is 0.481 e. The zero-order chi connectivity index (χ0) is 30.1. The Kier molecular flexibility index (Phi) is 9.87. The van der Waals surface area contributed by atoms with E-state index in [9.17, 15) is 23.9 Å². The minimum absolute atomic E-state index is 0.0297. The van der Waals surface area contributed by atoms with Crippen LogP contribution in [0.4, 0.5) is 9.18 Å². The lowest BCUT2D eigenvalue weighted by atomic mass is 9.81. The number of hydrogen-bond acceptors (Lipinski definition) is 6. The summed E-state index contributed by atoms with van der Waals surface area (Å²) < 4.78 is 19.6. The van der Waals surface area contributed by atoms with Gasteiger partial charge in [-0.05, 0) is 54.7 Å². The van der Waals surface area contributed by atoms with Gasteiger partial charge in [0.1, 0.15) is 12.4 Å². The summed E-state index contributed by atoms with van der Waals surface area (Å²) in [5.41, 5.74) is 1.05. The second-order valence-electron chi connectivity index (χ2n) is 10.0. The first-order valence-electron chi connectivity index (χ1n) is 13.0. The fraction of sp³-hybridized carbons (Fsp3) is 0.233. The Labute approximate surface area is 246 Å². The lowest BCUT2D eigenvalue weighted by Crippen LogP contribution is -2.47. The maximum Gasteiger partial charge on any atom is 0.407 e. The molecule has 4 aromatic rings. The van der Waals surface area contributed by atoms with Crippen LogP contribution in [0.15, 0.2) is 79.0 Å². The molecule has 4 rings (SSSR count). The number of aliphatic carboxylic acids is 1. The highest BCUT2D eigenvalue weighted by atomic mass is 35.5. The minimum atomic E-state index is -1.47. The third kappa shape index (κ3) is 8.14. The molecule has 1 aromatic heterocycles. The van der Waals surface area contributed by atoms with Gasteiger partial charge in [-0.2, -0.15) is 15.4 Å². The van der Waals surface area contributed by atoms with Gasteiger partial charge < -0.3 is 20.5 Å². The van der Waals surface area contributed by atoms with Crippen LogP contribution in [0.1, 0.15) is 35.0 Å². The number of benzene rings is 3. The number of rotatable bonds is 12. The number of carbonyl (C=O) groups excluding carboxylic acids is 2. The molecular weight excluding hydrogens is 565 g/mol. The van der Waals surface area contributed by atoms with Crippen molar-refractivity contribution in [1.82, 2.24) is 26.0 Å². The zero-order valence-electron chi connectivity index (χ0n) is 22.6. The Balaban J connectivity index is 1.48. The molecule has 12 heteroatoms. The number of ether oxygens (including phenoxy) is 1. The maximum absolute atomic E-state index is 14.4. The number of nitrogens with zero attached hydrogens (tertiary/aromatic N) is 2. The molecule has 4 N–H and O–H groups in total. The van der Waals surface area contributed by atoms with Crippen molar-refractivity contribution < 1.29 is 28.6 Å². The second kappa shape index (κ2) is 13.7. The molecule has 0 aliphatic heterocycles. The summed E-state index contributed by atoms with van der Waals surface area (Å²) in [5, 5.41) is 25.7. The molecule has 10 nitrogen and oxygen atoms in total. The van der Waals surface area contributed by atoms with Gasteiger partial charge in [-0.25, -0.2) is 9.18 Å². The standard InChI is InChI=1S/C30H29ClFN5O5/c1-30(28(39)40,18-33-29(41)42-17-20-5-3-2-4-6-20)15-23(35-27(38)26-16-34-37-36-26)13-19-7-9-21(10-8-19)24-14-22(31)11-12-25(24)32/h2-12,14,16,23H,13,15,17-18H2,1H3,(H,33,41)(H,35,38)(H,39,40)(H,34,36,37). The molecule has 0 saturated heterocycles. The smallest absolute Gasteiger partial charge is 0.407 e. The Hall–Kier alpha value is -4.77. The Morgan fingerprint density at radius 2 is 1.81 bits per heavy atom. The molecule has 3 aromatic carbocycles. The summed E-state index contributed by atoms with van der Waals surface area (Å²) in [6, 6.07) is 19.6. The van der Waals surface area contributed by atoms with E-state index in [1.807, 2.05) is 18.2 Å². The molecule has 2 unspecified atom stereocenters. The maximum atomic E-state index is 14.4. The number of carboxylic acid groups (broad SMARTS) is 1. The van der Waals surface area contributed by atoms with Gasteiger partial charge in [0, 0.05) is 23.2 Å². The topological polar surface area (TPSA) is 146 Å². The molecule has 2 amide bonds. The van der Waals surface area contributed by atoms with Crippen LogP contribution in [0.2, 0.25) is 5.02 Å². The predicted molar refractivity (Wildman–Crippen MR) is 153 cm³/mol. The number of amides is 2. The fourth-order valence-corrected chi connectivity index (χ4v) is 4.56. The summed E-state index contributed by atoms with van der Waals surface area (Å²) in [5.74, 6) is -2.13. The normalized spacial score (nSPS) is 13.0. The molecule has 0 spiro atoms. The Morgan fingerprint density at radius 1 is 1.07 bits per heavy atom. The Bertz CT molecular complexity index is 1520. The highest BCUT2D eigenvalue weighted by Crippen LogP contribution is 2.28. The third-order valence-corrected chi connectivity index (χ3v) is 6.94. The van der Waals surface area contributed by atoms with Crippen LogP contribution >= 0.6 is 11.6 Å². The average Bonchev–Trinajstić information content (AvgIpc) is 3.53. The van der Waals surface area contributed by atoms with Crippen molar-refractivity contribution in [2.24, 2.45) is 5.41 Å². The molecule has 0 aliphatic rings. The van der Waals surface area contributed by atoms with Crippen LogP contribution < -0.4 is 10.6 Å². The fourth-order valence-electron chi connectivity index (χ4n) is 4.39. The molecule has 0 fully saturated rings. The summed E-state index contributed by atoms with van der Waals surface area (Å²) in [6.45, 7) is 1.26. The quantitative estimate of drug-likeness (QED) is 0.180. The van der Waals surface area contributed by atoms with Gasteiger partial charge in [0.2, 0.25) is 0 Å². The van der Waals surface area contributed by atoms with Crippen molar-refractivity contribution in [3.8, 4) is 11.1 Å². The number of nitrogens with one attached hydrogen (secondary N) is 3. The number of hydrogen-bond donors (Lipinski definition) is 4. The van der Waals surface area contributed by atoms with Crippen molar-refractivity contribution in [2.75, 3.05) is 6.54 Å². The Morgan fingerprint density at radius 3 is 2.48 bits per heavy atom. The first kappa shape index (κ1) is 30.2. The van der Waals surface area contributed by atoms with Gasteiger partial charge in [-0.3, -0.25) is 9.59 Å². The summed E-state index contributed by atoms with van der Waals surface area (Å²) in [4.78, 5) is 37.6. The van der Waals surface area contributed by atoms with E-state index in [0.717, 1.165) is 11.1 Å². The molecule has 1 heterocycles. The van der Waals surface area contributed by atoms with E-state index < -0.39 is 35.2 Å². The van der Waals surface area contributed by atoms with E-state index in [1.165, 1.54) is 31.3 Å². The highest BCUT2D eigenvalue weighted by Gasteiger charge is 2.37. The number of carbonyl (C=O) groups is 3. The summed E-state index contributed by atoms with van der Waals surface area (Å²) >= 11 is 6.03. The molecule has 0 saturated carbocycles. The van der Waals surface area contributed by atoms with Gasteiger partial charge >= 0.3 is 12.1 Å². The molecule has 0 bridgehead atoms. The molecule has 218 valence electrons. The van der Waals surface area contributed by atoms with E-state index in [1.54, 1.807) is 36.4 Å². The monoisotopic (exact) mass is 593 g/mol. The third-order valence-electron chi connectivity index (χ3n) is 6.71. The van der Waals surface area contributed by atoms with E-state index in [4.69, 9.17) is 16.3 Å². The van der Waals surface area contributed by atoms with Gasteiger partial charge in [-0.15, -0.1) is 0 Å². The van der Waals surface area contributed by atoms with E-state index in [-0.39, 0.29) is 31.7 Å². The molecule has 0 radical (unpaired) electrons. The number of H-pyrrole nitrogens is 1. The van der Waals surface area contributed by atoms with E-state index >= 15 is 0 Å². The van der Waals surface area contributed by atoms with Crippen LogP contribution in [-0.4, -0.2) is 51.1 Å². The highest BCUT2D eigenvalue weighted by molar-refractivity contribution is 6.30. The summed E-state index contributed by atoms with van der Waals surface area (Å²) in [7, 11) is 0. The average molecular weight is 594 g/mol. The number of halogens is 2. The number of carboxylic acids is 1. The number of aromatic nitrogens is 3. The van der Waals surface area contributed by atoms with Crippen LogP contribution in [0.5, 0.6) is 0 Å². The summed E-state index contributed by atoms with van der Waals surface area (Å²) in [6.07, 6.45) is 0.679. The number of alkyl carbamates (subject to hydrolysis) is 1. The molecule has 42 heavy (non-hydrogen) atoms. The lowest BCUT2D eigenvalue weighted by Gasteiger charge is -2.30. The van der Waals surface area contributed by atoms with Crippen LogP contribution in [0, 0.1) is 11.2 Å². The van der Waals surface area contributed by atoms with E-state index in [0.29, 0.717) is 16.1 Å². The first-order valence-corrected chi connectivity index (χ1v) is 13.4. The van der Waals surface area contributed by atoms with Gasteiger partial charge in [-0.1, -0.05) is 66.2 Å². The van der Waals surface area contributed by atoms with Crippen LogP contribution in [-0.2, 0) is 22.6 Å². The van der Waals surface area contributed by atoms with Gasteiger partial charge in [0.25, 0.3) is 5.91 Å². The predicted octanol–water partition coefficient (Wildman–Crippen LogP) is 5.01. The minimum Gasteiger partial charge on any atom is -0.481 e. The van der Waals surface area contributed by atoms with Crippen molar-refractivity contribution in [2.45, 2.75) is 32.4 Å². The lowest BCUT2D eigenvalue weighted by molar-refractivity contribution is -0.148. The van der Waals surface area contributed by atoms with E-state index in [2.05, 4.69) is 26.0 Å². The van der Waals surface area contributed by atoms with Gasteiger partial charge in [0.15, 0.2) is 5.69 Å². The second-order valence-corrected chi connectivity index (χ2v) is 10.5. The van der Waals surface area contributed by atoms with Crippen LogP contribution in [0.25, 0.3) is 11.1 Å². The molecule has 0 aliphatic carbocycles.